The van der Waals surface area contributed by atoms with Crippen molar-refractivity contribution in [1.29, 1.82) is 0 Å². The number of rotatable bonds is 6. The fourth-order valence-electron chi connectivity index (χ4n) is 4.70. The Labute approximate surface area is 222 Å². The average Bonchev–Trinajstić information content (AvgIpc) is 3.31. The minimum atomic E-state index is -0.788. The van der Waals surface area contributed by atoms with Gasteiger partial charge in [-0.1, -0.05) is 54.1 Å². The van der Waals surface area contributed by atoms with E-state index in [2.05, 4.69) is 10.3 Å². The molecule has 0 aliphatic rings. The van der Waals surface area contributed by atoms with E-state index in [-0.39, 0.29) is 11.9 Å². The molecule has 0 fully saturated rings. The van der Waals surface area contributed by atoms with Crippen LogP contribution in [0.2, 0.25) is 5.02 Å². The van der Waals surface area contributed by atoms with Crippen LogP contribution in [0.1, 0.15) is 47.8 Å². The third kappa shape index (κ3) is 4.90. The first-order chi connectivity index (χ1) is 17.7. The van der Waals surface area contributed by atoms with Crippen molar-refractivity contribution >= 4 is 28.5 Å². The SMILES string of the molecule is Cc1cc(Cl)ccc1C(NC(=O)C(C)(C)c1ccc2oc(-c3cccnc3C)cc2c1)c1ccccc1. The number of nitrogens with zero attached hydrogens (tertiary/aromatic N) is 1. The molecule has 5 heteroatoms. The number of aromatic nitrogens is 1. The van der Waals surface area contributed by atoms with Gasteiger partial charge in [0.05, 0.1) is 11.5 Å². The summed E-state index contributed by atoms with van der Waals surface area (Å²) in [6, 6.07) is 27.4. The minimum Gasteiger partial charge on any atom is -0.456 e. The summed E-state index contributed by atoms with van der Waals surface area (Å²) in [5.41, 5.74) is 5.82. The number of hydrogen-bond acceptors (Lipinski definition) is 3. The Morgan fingerprint density at radius 1 is 0.946 bits per heavy atom. The Bertz CT molecular complexity index is 1590. The third-order valence-corrected chi connectivity index (χ3v) is 7.26. The highest BCUT2D eigenvalue weighted by atomic mass is 35.5. The molecule has 4 nitrogen and oxygen atoms in total. The maximum absolute atomic E-state index is 13.8. The van der Waals surface area contributed by atoms with Crippen molar-refractivity contribution in [3.63, 3.8) is 0 Å². The van der Waals surface area contributed by atoms with Gasteiger partial charge in [-0.05, 0) is 92.4 Å². The Kier molecular flexibility index (Phi) is 6.61. The first kappa shape index (κ1) is 24.8. The van der Waals surface area contributed by atoms with E-state index in [1.54, 1.807) is 6.20 Å². The quantitative estimate of drug-likeness (QED) is 0.253. The number of benzene rings is 3. The lowest BCUT2D eigenvalue weighted by atomic mass is 9.82. The number of carbonyl (C=O) groups is 1. The van der Waals surface area contributed by atoms with Crippen LogP contribution in [0.5, 0.6) is 0 Å². The van der Waals surface area contributed by atoms with Gasteiger partial charge < -0.3 is 9.73 Å². The van der Waals surface area contributed by atoms with Crippen LogP contribution in [0.3, 0.4) is 0 Å². The average molecular weight is 509 g/mol. The van der Waals surface area contributed by atoms with Crippen LogP contribution in [-0.2, 0) is 10.2 Å². The standard InChI is InChI=1S/C32H29ClN2O2/c1-20-17-25(33)13-14-26(20)30(22-9-6-5-7-10-22)35-31(36)32(3,4)24-12-15-28-23(18-24)19-29(37-28)27-11-8-16-34-21(27)2/h5-19,30H,1-4H3,(H,35,36). The van der Waals surface area contributed by atoms with Crippen LogP contribution >= 0.6 is 11.6 Å². The number of amides is 1. The molecule has 5 rings (SSSR count). The zero-order chi connectivity index (χ0) is 26.2. The first-order valence-electron chi connectivity index (χ1n) is 12.3. The molecule has 5 aromatic rings. The highest BCUT2D eigenvalue weighted by molar-refractivity contribution is 6.30. The lowest BCUT2D eigenvalue weighted by Crippen LogP contribution is -2.42. The van der Waals surface area contributed by atoms with Gasteiger partial charge in [-0.3, -0.25) is 9.78 Å². The fraction of sp³-hybridized carbons (Fsp3) is 0.188. The lowest BCUT2D eigenvalue weighted by Gasteiger charge is -2.29. The molecule has 37 heavy (non-hydrogen) atoms. The molecule has 1 amide bonds. The monoisotopic (exact) mass is 508 g/mol. The van der Waals surface area contributed by atoms with Gasteiger partial charge in [0.25, 0.3) is 0 Å². The zero-order valence-electron chi connectivity index (χ0n) is 21.4. The van der Waals surface area contributed by atoms with Crippen LogP contribution in [0, 0.1) is 13.8 Å². The maximum atomic E-state index is 13.8. The number of furan rings is 1. The molecular formula is C32H29ClN2O2. The van der Waals surface area contributed by atoms with Gasteiger partial charge in [-0.25, -0.2) is 0 Å². The minimum absolute atomic E-state index is 0.0677. The van der Waals surface area contributed by atoms with Crippen molar-refractivity contribution in [2.75, 3.05) is 0 Å². The summed E-state index contributed by atoms with van der Waals surface area (Å²) in [6.07, 6.45) is 1.77. The van der Waals surface area contributed by atoms with E-state index in [9.17, 15) is 4.79 Å². The molecule has 1 N–H and O–H groups in total. The van der Waals surface area contributed by atoms with Gasteiger partial charge in [0.1, 0.15) is 11.3 Å². The van der Waals surface area contributed by atoms with Gasteiger partial charge in [0, 0.05) is 27.9 Å². The maximum Gasteiger partial charge on any atom is 0.230 e. The van der Waals surface area contributed by atoms with Gasteiger partial charge >= 0.3 is 0 Å². The summed E-state index contributed by atoms with van der Waals surface area (Å²) in [6.45, 7) is 7.88. The Morgan fingerprint density at radius 2 is 1.73 bits per heavy atom. The summed E-state index contributed by atoms with van der Waals surface area (Å²) in [7, 11) is 0. The largest absolute Gasteiger partial charge is 0.456 e. The van der Waals surface area contributed by atoms with Gasteiger partial charge in [0.2, 0.25) is 5.91 Å². The molecule has 0 saturated carbocycles. The smallest absolute Gasteiger partial charge is 0.230 e. The van der Waals surface area contributed by atoms with E-state index in [0.29, 0.717) is 5.02 Å². The van der Waals surface area contributed by atoms with Gasteiger partial charge in [-0.15, -0.1) is 0 Å². The Hall–Kier alpha value is -3.89. The number of aryl methyl sites for hydroxylation is 2. The van der Waals surface area contributed by atoms with E-state index < -0.39 is 5.41 Å². The molecule has 2 aromatic heterocycles. The highest BCUT2D eigenvalue weighted by Gasteiger charge is 2.33. The number of fused-ring (bicyclic) bond motifs is 1. The predicted octanol–water partition coefficient (Wildman–Crippen LogP) is 7.95. The van der Waals surface area contributed by atoms with Crippen molar-refractivity contribution in [3.05, 3.63) is 124 Å². The molecule has 0 bridgehead atoms. The first-order valence-corrected chi connectivity index (χ1v) is 12.7. The number of pyridine rings is 1. The second-order valence-corrected chi connectivity index (χ2v) is 10.4. The van der Waals surface area contributed by atoms with Crippen molar-refractivity contribution in [1.82, 2.24) is 10.3 Å². The van der Waals surface area contributed by atoms with E-state index in [1.807, 2.05) is 113 Å². The summed E-state index contributed by atoms with van der Waals surface area (Å²) < 4.78 is 6.11. The second-order valence-electron chi connectivity index (χ2n) is 9.94. The summed E-state index contributed by atoms with van der Waals surface area (Å²) in [5.74, 6) is 0.698. The van der Waals surface area contributed by atoms with Crippen molar-refractivity contribution in [3.8, 4) is 11.3 Å². The molecule has 1 unspecified atom stereocenters. The Balaban J connectivity index is 1.48. The summed E-state index contributed by atoms with van der Waals surface area (Å²) in [5, 5.41) is 4.95. The predicted molar refractivity (Wildman–Crippen MR) is 150 cm³/mol. The van der Waals surface area contributed by atoms with Crippen LogP contribution in [-0.4, -0.2) is 10.9 Å². The molecule has 1 atom stereocenters. The van der Waals surface area contributed by atoms with Crippen molar-refractivity contribution in [2.45, 2.75) is 39.2 Å². The fourth-order valence-corrected chi connectivity index (χ4v) is 4.93. The second kappa shape index (κ2) is 9.87. The normalized spacial score (nSPS) is 12.5. The zero-order valence-corrected chi connectivity index (χ0v) is 22.1. The molecule has 2 heterocycles. The molecule has 0 saturated heterocycles. The van der Waals surface area contributed by atoms with Crippen molar-refractivity contribution < 1.29 is 9.21 Å². The molecule has 0 aliphatic heterocycles. The number of carbonyl (C=O) groups excluding carboxylic acids is 1. The van der Waals surface area contributed by atoms with Crippen molar-refractivity contribution in [2.24, 2.45) is 0 Å². The lowest BCUT2D eigenvalue weighted by molar-refractivity contribution is -0.126. The third-order valence-electron chi connectivity index (χ3n) is 7.03. The van der Waals surface area contributed by atoms with Crippen LogP contribution in [0.15, 0.2) is 95.5 Å². The van der Waals surface area contributed by atoms with E-state index in [4.69, 9.17) is 16.0 Å². The summed E-state index contributed by atoms with van der Waals surface area (Å²) in [4.78, 5) is 18.2. The van der Waals surface area contributed by atoms with E-state index in [0.717, 1.165) is 50.2 Å². The molecule has 3 aromatic carbocycles. The molecule has 0 radical (unpaired) electrons. The summed E-state index contributed by atoms with van der Waals surface area (Å²) >= 11 is 6.22. The van der Waals surface area contributed by atoms with Crippen LogP contribution in [0.25, 0.3) is 22.3 Å². The van der Waals surface area contributed by atoms with E-state index in [1.165, 1.54) is 0 Å². The molecule has 186 valence electrons. The number of halogens is 1. The number of hydrogen-bond donors (Lipinski definition) is 1. The van der Waals surface area contributed by atoms with Gasteiger partial charge in [0.15, 0.2) is 0 Å². The number of nitrogens with one attached hydrogen (secondary N) is 1. The molecular weight excluding hydrogens is 480 g/mol. The molecule has 0 aliphatic carbocycles. The van der Waals surface area contributed by atoms with Crippen LogP contribution in [0.4, 0.5) is 0 Å². The van der Waals surface area contributed by atoms with Crippen LogP contribution < -0.4 is 5.32 Å². The van der Waals surface area contributed by atoms with E-state index >= 15 is 0 Å². The highest BCUT2D eigenvalue weighted by Crippen LogP contribution is 2.34. The molecule has 0 spiro atoms. The Morgan fingerprint density at radius 3 is 2.46 bits per heavy atom. The van der Waals surface area contributed by atoms with Gasteiger partial charge in [-0.2, -0.15) is 0 Å². The topological polar surface area (TPSA) is 55.1 Å².